The molecule has 1 aromatic carbocycles. The summed E-state index contributed by atoms with van der Waals surface area (Å²) in [4.78, 5) is 7.73. The molecule has 1 aromatic heterocycles. The maximum atomic E-state index is 6.07. The first-order valence-corrected chi connectivity index (χ1v) is 6.50. The molecule has 0 spiro atoms. The van der Waals surface area contributed by atoms with Gasteiger partial charge in [0.1, 0.15) is 5.82 Å². The average Bonchev–Trinajstić information content (AvgIpc) is 2.78. The molecule has 96 valence electrons. The van der Waals surface area contributed by atoms with Crippen LogP contribution in [0.3, 0.4) is 0 Å². The van der Waals surface area contributed by atoms with Crippen LogP contribution < -0.4 is 5.73 Å². The molecule has 18 heavy (non-hydrogen) atoms. The summed E-state index contributed by atoms with van der Waals surface area (Å²) >= 11 is 0. The second-order valence-corrected chi connectivity index (χ2v) is 4.90. The Labute approximate surface area is 108 Å². The molecule has 3 nitrogen and oxygen atoms in total. The van der Waals surface area contributed by atoms with Crippen LogP contribution >= 0.6 is 0 Å². The summed E-state index contributed by atoms with van der Waals surface area (Å²) < 4.78 is 0. The Kier molecular flexibility index (Phi) is 3.82. The first kappa shape index (κ1) is 12.8. The Balaban J connectivity index is 2.29. The highest BCUT2D eigenvalue weighted by Crippen LogP contribution is 2.24. The van der Waals surface area contributed by atoms with Gasteiger partial charge in [-0.1, -0.05) is 37.1 Å². The van der Waals surface area contributed by atoms with Crippen LogP contribution in [-0.2, 0) is 0 Å². The molecule has 0 bridgehead atoms. The van der Waals surface area contributed by atoms with E-state index >= 15 is 0 Å². The minimum atomic E-state index is 0.00880. The van der Waals surface area contributed by atoms with Crippen LogP contribution in [0.4, 0.5) is 0 Å². The van der Waals surface area contributed by atoms with Gasteiger partial charge in [0.2, 0.25) is 0 Å². The fourth-order valence-corrected chi connectivity index (χ4v) is 2.23. The van der Waals surface area contributed by atoms with E-state index in [0.717, 1.165) is 24.4 Å². The van der Waals surface area contributed by atoms with Crippen molar-refractivity contribution >= 4 is 0 Å². The Morgan fingerprint density at radius 3 is 2.78 bits per heavy atom. The van der Waals surface area contributed by atoms with Crippen molar-refractivity contribution in [2.75, 3.05) is 0 Å². The zero-order chi connectivity index (χ0) is 13.1. The molecule has 0 aliphatic rings. The van der Waals surface area contributed by atoms with E-state index in [4.69, 9.17) is 5.73 Å². The number of aromatic amines is 1. The monoisotopic (exact) mass is 243 g/mol. The third-order valence-electron chi connectivity index (χ3n) is 3.22. The second-order valence-electron chi connectivity index (χ2n) is 4.90. The molecule has 0 saturated carbocycles. The number of imidazole rings is 1. The van der Waals surface area contributed by atoms with Gasteiger partial charge in [-0.25, -0.2) is 4.98 Å². The molecule has 0 aliphatic carbocycles. The number of aromatic nitrogens is 2. The number of H-pyrrole nitrogens is 1. The topological polar surface area (TPSA) is 54.7 Å². The third-order valence-corrected chi connectivity index (χ3v) is 3.22. The third kappa shape index (κ3) is 2.62. The van der Waals surface area contributed by atoms with E-state index in [-0.39, 0.29) is 6.04 Å². The number of rotatable bonds is 4. The zero-order valence-electron chi connectivity index (χ0n) is 11.3. The summed E-state index contributed by atoms with van der Waals surface area (Å²) in [7, 11) is 0. The molecule has 3 heteroatoms. The van der Waals surface area contributed by atoms with Gasteiger partial charge in [-0.05, 0) is 25.8 Å². The van der Waals surface area contributed by atoms with Crippen LogP contribution in [0, 0.1) is 13.8 Å². The SMILES string of the molecule is CCCC(N)c1ncc(-c2ccc(C)cc2C)[nH]1. The largest absolute Gasteiger partial charge is 0.341 e. The number of nitrogens with one attached hydrogen (secondary N) is 1. The van der Waals surface area contributed by atoms with Crippen molar-refractivity contribution in [3.05, 3.63) is 41.3 Å². The number of aryl methyl sites for hydroxylation is 2. The molecule has 0 amide bonds. The van der Waals surface area contributed by atoms with E-state index in [1.165, 1.54) is 16.7 Å². The van der Waals surface area contributed by atoms with Crippen molar-refractivity contribution in [1.29, 1.82) is 0 Å². The highest BCUT2D eigenvalue weighted by Gasteiger charge is 2.11. The molecule has 3 N–H and O–H groups in total. The molecule has 0 radical (unpaired) electrons. The lowest BCUT2D eigenvalue weighted by Gasteiger charge is -2.07. The molecule has 1 heterocycles. The first-order valence-electron chi connectivity index (χ1n) is 6.50. The fraction of sp³-hybridized carbons (Fsp3) is 0.400. The van der Waals surface area contributed by atoms with Gasteiger partial charge in [0, 0.05) is 5.56 Å². The maximum absolute atomic E-state index is 6.07. The number of benzene rings is 1. The predicted octanol–water partition coefficient (Wildman–Crippen LogP) is 3.49. The fourth-order valence-electron chi connectivity index (χ4n) is 2.23. The molecule has 0 fully saturated rings. The summed E-state index contributed by atoms with van der Waals surface area (Å²) in [5.41, 5.74) is 10.8. The van der Waals surface area contributed by atoms with Gasteiger partial charge in [-0.3, -0.25) is 0 Å². The molecular weight excluding hydrogens is 222 g/mol. The Morgan fingerprint density at radius 2 is 2.11 bits per heavy atom. The van der Waals surface area contributed by atoms with Crippen molar-refractivity contribution in [2.45, 2.75) is 39.7 Å². The van der Waals surface area contributed by atoms with Crippen molar-refractivity contribution in [2.24, 2.45) is 5.73 Å². The van der Waals surface area contributed by atoms with Crippen molar-refractivity contribution in [1.82, 2.24) is 9.97 Å². The summed E-state index contributed by atoms with van der Waals surface area (Å²) in [5, 5.41) is 0. The van der Waals surface area contributed by atoms with Crippen LogP contribution in [0.5, 0.6) is 0 Å². The summed E-state index contributed by atoms with van der Waals surface area (Å²) in [6.07, 6.45) is 3.91. The molecule has 1 unspecified atom stereocenters. The normalized spacial score (nSPS) is 12.7. The van der Waals surface area contributed by atoms with E-state index in [9.17, 15) is 0 Å². The minimum Gasteiger partial charge on any atom is -0.341 e. The van der Waals surface area contributed by atoms with E-state index in [0.29, 0.717) is 0 Å². The minimum absolute atomic E-state index is 0.00880. The second kappa shape index (κ2) is 5.36. The number of nitrogens with two attached hydrogens (primary N) is 1. The highest BCUT2D eigenvalue weighted by molar-refractivity contribution is 5.63. The average molecular weight is 243 g/mol. The van der Waals surface area contributed by atoms with Crippen LogP contribution in [-0.4, -0.2) is 9.97 Å². The van der Waals surface area contributed by atoms with Gasteiger partial charge >= 0.3 is 0 Å². The van der Waals surface area contributed by atoms with Gasteiger partial charge in [-0.2, -0.15) is 0 Å². The lowest BCUT2D eigenvalue weighted by molar-refractivity contribution is 0.609. The van der Waals surface area contributed by atoms with E-state index in [2.05, 4.69) is 48.9 Å². The van der Waals surface area contributed by atoms with Gasteiger partial charge in [0.15, 0.2) is 0 Å². The smallest absolute Gasteiger partial charge is 0.123 e. The summed E-state index contributed by atoms with van der Waals surface area (Å²) in [6.45, 7) is 6.36. The van der Waals surface area contributed by atoms with Crippen LogP contribution in [0.1, 0.15) is 42.8 Å². The van der Waals surface area contributed by atoms with Gasteiger partial charge in [0.25, 0.3) is 0 Å². The zero-order valence-corrected chi connectivity index (χ0v) is 11.3. The van der Waals surface area contributed by atoms with Gasteiger partial charge in [0.05, 0.1) is 17.9 Å². The lowest BCUT2D eigenvalue weighted by atomic mass is 10.0. The quantitative estimate of drug-likeness (QED) is 0.863. The number of nitrogens with zero attached hydrogens (tertiary/aromatic N) is 1. The molecule has 2 rings (SSSR count). The van der Waals surface area contributed by atoms with Crippen LogP contribution in [0.25, 0.3) is 11.3 Å². The van der Waals surface area contributed by atoms with E-state index in [1.807, 2.05) is 6.20 Å². The van der Waals surface area contributed by atoms with Crippen molar-refractivity contribution in [3.8, 4) is 11.3 Å². The summed E-state index contributed by atoms with van der Waals surface area (Å²) in [6, 6.07) is 6.44. The number of hydrogen-bond acceptors (Lipinski definition) is 2. The Bertz CT molecular complexity index is 528. The van der Waals surface area contributed by atoms with Crippen molar-refractivity contribution in [3.63, 3.8) is 0 Å². The summed E-state index contributed by atoms with van der Waals surface area (Å²) in [5.74, 6) is 0.881. The standard InChI is InChI=1S/C15H21N3/c1-4-5-13(16)15-17-9-14(18-15)12-7-6-10(2)8-11(12)3/h6-9,13H,4-5,16H2,1-3H3,(H,17,18). The highest BCUT2D eigenvalue weighted by atomic mass is 15.0. The molecule has 1 atom stereocenters. The number of hydrogen-bond donors (Lipinski definition) is 2. The maximum Gasteiger partial charge on any atom is 0.123 e. The molecular formula is C15H21N3. The van der Waals surface area contributed by atoms with Crippen LogP contribution in [0.15, 0.2) is 24.4 Å². The van der Waals surface area contributed by atoms with Crippen LogP contribution in [0.2, 0.25) is 0 Å². The van der Waals surface area contributed by atoms with Crippen molar-refractivity contribution < 1.29 is 0 Å². The molecule has 0 saturated heterocycles. The molecule has 2 aromatic rings. The lowest BCUT2D eigenvalue weighted by Crippen LogP contribution is -2.11. The van der Waals surface area contributed by atoms with Gasteiger partial charge < -0.3 is 10.7 Å². The predicted molar refractivity (Wildman–Crippen MR) is 75.3 cm³/mol. The molecule has 0 aliphatic heterocycles. The van der Waals surface area contributed by atoms with Gasteiger partial charge in [-0.15, -0.1) is 0 Å². The van der Waals surface area contributed by atoms with E-state index < -0.39 is 0 Å². The van der Waals surface area contributed by atoms with E-state index in [1.54, 1.807) is 0 Å². The Morgan fingerprint density at radius 1 is 1.33 bits per heavy atom. The Hall–Kier alpha value is -1.61. The first-order chi connectivity index (χ1) is 8.61.